The molecule has 0 aromatic carbocycles. The monoisotopic (exact) mass is 277 g/mol. The molecule has 2 saturated heterocycles. The van der Waals surface area contributed by atoms with Crippen LogP contribution in [0, 0.1) is 5.41 Å². The molecule has 0 amide bonds. The van der Waals surface area contributed by atoms with E-state index in [9.17, 15) is 18.3 Å². The molecule has 0 saturated carbocycles. The Morgan fingerprint density at radius 3 is 2.78 bits per heavy atom. The molecule has 0 bridgehead atoms. The topological polar surface area (TPSA) is 83.9 Å². The maximum atomic E-state index is 11.5. The summed E-state index contributed by atoms with van der Waals surface area (Å²) < 4.78 is 28.2. The molecule has 0 radical (unpaired) electrons. The summed E-state index contributed by atoms with van der Waals surface area (Å²) in [5.41, 5.74) is -0.866. The third-order valence-corrected chi connectivity index (χ3v) is 5.67. The summed E-state index contributed by atoms with van der Waals surface area (Å²) in [5, 5.41) is 9.36. The zero-order valence-electron chi connectivity index (χ0n) is 10.5. The molecule has 2 atom stereocenters. The molecule has 18 heavy (non-hydrogen) atoms. The Labute approximate surface area is 107 Å². The van der Waals surface area contributed by atoms with E-state index in [1.807, 2.05) is 11.8 Å². The van der Waals surface area contributed by atoms with Crippen LogP contribution in [0.3, 0.4) is 0 Å². The number of nitrogens with zero attached hydrogens (tertiary/aromatic N) is 1. The first-order valence-corrected chi connectivity index (χ1v) is 7.92. The largest absolute Gasteiger partial charge is 0.481 e. The minimum absolute atomic E-state index is 0.115. The van der Waals surface area contributed by atoms with Crippen molar-refractivity contribution < 1.29 is 23.1 Å². The Kier molecular flexibility index (Phi) is 3.66. The van der Waals surface area contributed by atoms with Gasteiger partial charge in [-0.1, -0.05) is 0 Å². The molecular formula is C11H19NO5S. The van der Waals surface area contributed by atoms with Gasteiger partial charge in [0.25, 0.3) is 0 Å². The van der Waals surface area contributed by atoms with Crippen LogP contribution in [0.25, 0.3) is 0 Å². The average molecular weight is 277 g/mol. The number of rotatable bonds is 3. The van der Waals surface area contributed by atoms with Gasteiger partial charge in [-0.3, -0.25) is 9.69 Å². The molecule has 0 aromatic heterocycles. The van der Waals surface area contributed by atoms with Gasteiger partial charge in [0, 0.05) is 25.7 Å². The van der Waals surface area contributed by atoms with Crippen molar-refractivity contribution in [2.24, 2.45) is 5.41 Å². The van der Waals surface area contributed by atoms with Crippen LogP contribution in [0.5, 0.6) is 0 Å². The fraction of sp³-hybridized carbons (Fsp3) is 0.909. The van der Waals surface area contributed by atoms with Gasteiger partial charge in [0.05, 0.1) is 18.1 Å². The summed E-state index contributed by atoms with van der Waals surface area (Å²) in [4.78, 5) is 13.4. The molecule has 7 heteroatoms. The second kappa shape index (κ2) is 4.79. The van der Waals surface area contributed by atoms with Crippen LogP contribution in [0.15, 0.2) is 0 Å². The number of hydrogen-bond acceptors (Lipinski definition) is 5. The van der Waals surface area contributed by atoms with Gasteiger partial charge in [-0.2, -0.15) is 0 Å². The fourth-order valence-corrected chi connectivity index (χ4v) is 4.25. The van der Waals surface area contributed by atoms with Gasteiger partial charge < -0.3 is 9.84 Å². The molecule has 2 fully saturated rings. The van der Waals surface area contributed by atoms with E-state index in [2.05, 4.69) is 0 Å². The smallest absolute Gasteiger partial charge is 0.313 e. The number of carboxylic acid groups (broad SMARTS) is 1. The number of ether oxygens (including phenoxy) is 1. The van der Waals surface area contributed by atoms with Gasteiger partial charge in [-0.15, -0.1) is 0 Å². The van der Waals surface area contributed by atoms with E-state index in [1.165, 1.54) is 0 Å². The lowest BCUT2D eigenvalue weighted by molar-refractivity contribution is -0.150. The summed E-state index contributed by atoms with van der Waals surface area (Å²) in [7, 11) is -2.96. The van der Waals surface area contributed by atoms with Gasteiger partial charge in [-0.25, -0.2) is 8.42 Å². The van der Waals surface area contributed by atoms with Crippen molar-refractivity contribution in [3.63, 3.8) is 0 Å². The van der Waals surface area contributed by atoms with Crippen LogP contribution in [-0.2, 0) is 19.4 Å². The standard InChI is InChI=1S/C11H19NO5S/c1-9-6-18(15,16)5-3-12(9)7-11(10(13)14)2-4-17-8-11/h9H,2-8H2,1H3,(H,13,14). The lowest BCUT2D eigenvalue weighted by Crippen LogP contribution is -2.53. The first-order valence-electron chi connectivity index (χ1n) is 6.10. The summed E-state index contributed by atoms with van der Waals surface area (Å²) in [6.45, 7) is 3.31. The van der Waals surface area contributed by atoms with Crippen LogP contribution in [0.1, 0.15) is 13.3 Å². The summed E-state index contributed by atoms with van der Waals surface area (Å²) in [6.07, 6.45) is 0.498. The molecule has 2 aliphatic rings. The van der Waals surface area contributed by atoms with E-state index >= 15 is 0 Å². The number of hydrogen-bond donors (Lipinski definition) is 1. The average Bonchev–Trinajstić information content (AvgIpc) is 2.71. The van der Waals surface area contributed by atoms with E-state index in [0.29, 0.717) is 26.1 Å². The van der Waals surface area contributed by atoms with E-state index in [0.717, 1.165) is 0 Å². The third kappa shape index (κ3) is 2.67. The zero-order valence-corrected chi connectivity index (χ0v) is 11.3. The first kappa shape index (κ1) is 13.8. The van der Waals surface area contributed by atoms with Crippen molar-refractivity contribution in [2.75, 3.05) is 37.8 Å². The number of carboxylic acids is 1. The van der Waals surface area contributed by atoms with E-state index < -0.39 is 21.2 Å². The van der Waals surface area contributed by atoms with Gasteiger partial charge in [0.15, 0.2) is 9.84 Å². The normalized spacial score (nSPS) is 36.6. The molecular weight excluding hydrogens is 258 g/mol. The van der Waals surface area contributed by atoms with Crippen molar-refractivity contribution in [1.82, 2.24) is 4.90 Å². The molecule has 0 aromatic rings. The Morgan fingerprint density at radius 1 is 1.56 bits per heavy atom. The number of aliphatic carboxylic acids is 1. The Morgan fingerprint density at radius 2 is 2.28 bits per heavy atom. The Hall–Kier alpha value is -0.660. The molecule has 1 N–H and O–H groups in total. The van der Waals surface area contributed by atoms with Crippen molar-refractivity contribution in [1.29, 1.82) is 0 Å². The minimum atomic E-state index is -2.96. The maximum absolute atomic E-state index is 11.5. The molecule has 6 nitrogen and oxygen atoms in total. The van der Waals surface area contributed by atoms with Gasteiger partial charge in [0.2, 0.25) is 0 Å². The Balaban J connectivity index is 2.07. The molecule has 2 rings (SSSR count). The molecule has 2 unspecified atom stereocenters. The van der Waals surface area contributed by atoms with E-state index in [1.54, 1.807) is 0 Å². The highest BCUT2D eigenvalue weighted by Crippen LogP contribution is 2.31. The molecule has 2 heterocycles. The van der Waals surface area contributed by atoms with Gasteiger partial charge >= 0.3 is 5.97 Å². The summed E-state index contributed by atoms with van der Waals surface area (Å²) in [6, 6.07) is -0.124. The highest BCUT2D eigenvalue weighted by atomic mass is 32.2. The van der Waals surface area contributed by atoms with Crippen LogP contribution < -0.4 is 0 Å². The quantitative estimate of drug-likeness (QED) is 0.755. The van der Waals surface area contributed by atoms with Crippen LogP contribution in [0.4, 0.5) is 0 Å². The number of carbonyl (C=O) groups is 1. The SMILES string of the molecule is CC1CS(=O)(=O)CCN1CC1(C(=O)O)CCOC1. The number of sulfone groups is 1. The zero-order chi connectivity index (χ0) is 13.4. The molecule has 104 valence electrons. The fourth-order valence-electron chi connectivity index (χ4n) is 2.62. The molecule has 0 aliphatic carbocycles. The molecule has 2 aliphatic heterocycles. The van der Waals surface area contributed by atoms with Crippen molar-refractivity contribution in [2.45, 2.75) is 19.4 Å². The van der Waals surface area contributed by atoms with Crippen molar-refractivity contribution in [3.8, 4) is 0 Å². The third-order valence-electron chi connectivity index (χ3n) is 3.87. The second-order valence-corrected chi connectivity index (χ2v) is 7.55. The molecule has 0 spiro atoms. The van der Waals surface area contributed by atoms with Crippen molar-refractivity contribution >= 4 is 15.8 Å². The van der Waals surface area contributed by atoms with Crippen LogP contribution >= 0.6 is 0 Å². The van der Waals surface area contributed by atoms with Crippen molar-refractivity contribution in [3.05, 3.63) is 0 Å². The lowest BCUT2D eigenvalue weighted by Gasteiger charge is -2.37. The highest BCUT2D eigenvalue weighted by molar-refractivity contribution is 7.91. The lowest BCUT2D eigenvalue weighted by atomic mass is 9.86. The predicted octanol–water partition coefficient (Wildman–Crippen LogP) is -0.403. The minimum Gasteiger partial charge on any atom is -0.481 e. The first-order chi connectivity index (χ1) is 8.35. The Bertz CT molecular complexity index is 427. The highest BCUT2D eigenvalue weighted by Gasteiger charge is 2.45. The van der Waals surface area contributed by atoms with Gasteiger partial charge in [0.1, 0.15) is 5.41 Å². The van der Waals surface area contributed by atoms with Gasteiger partial charge in [-0.05, 0) is 13.3 Å². The van der Waals surface area contributed by atoms with E-state index in [4.69, 9.17) is 4.74 Å². The summed E-state index contributed by atoms with van der Waals surface area (Å²) in [5.74, 6) is -0.613. The second-order valence-electron chi connectivity index (χ2n) is 5.32. The van der Waals surface area contributed by atoms with E-state index in [-0.39, 0.29) is 24.2 Å². The predicted molar refractivity (Wildman–Crippen MR) is 65.2 cm³/mol. The summed E-state index contributed by atoms with van der Waals surface area (Å²) >= 11 is 0. The van der Waals surface area contributed by atoms with Crippen LogP contribution in [-0.4, -0.2) is 68.2 Å². The van der Waals surface area contributed by atoms with Crippen LogP contribution in [0.2, 0.25) is 0 Å². The maximum Gasteiger partial charge on any atom is 0.313 e.